The van der Waals surface area contributed by atoms with E-state index in [0.29, 0.717) is 5.56 Å². The van der Waals surface area contributed by atoms with Crippen LogP contribution in [0.5, 0.6) is 17.2 Å². The van der Waals surface area contributed by atoms with Gasteiger partial charge in [-0.2, -0.15) is 0 Å². The third-order valence-electron chi connectivity index (χ3n) is 6.76. The maximum absolute atomic E-state index is 12.7. The lowest BCUT2D eigenvalue weighted by Crippen LogP contribution is -2.63. The van der Waals surface area contributed by atoms with Crippen molar-refractivity contribution < 1.29 is 64.2 Å². The van der Waals surface area contributed by atoms with Crippen molar-refractivity contribution in [3.8, 4) is 28.6 Å². The zero-order chi connectivity index (χ0) is 28.7. The number of phenols is 2. The largest absolute Gasteiger partial charge is 0.508 e. The van der Waals surface area contributed by atoms with E-state index in [4.69, 9.17) is 23.4 Å². The molecule has 2 fully saturated rings. The van der Waals surface area contributed by atoms with Gasteiger partial charge in [0.25, 0.3) is 0 Å². The van der Waals surface area contributed by atoms with Crippen LogP contribution in [0.1, 0.15) is 0 Å². The molecule has 0 spiro atoms. The van der Waals surface area contributed by atoms with E-state index < -0.39 is 73.1 Å². The van der Waals surface area contributed by atoms with Gasteiger partial charge in [-0.05, 0) is 24.3 Å². The summed E-state index contributed by atoms with van der Waals surface area (Å²) in [5.41, 5.74) is -0.138. The Morgan fingerprint density at radius 3 is 2.30 bits per heavy atom. The molecule has 0 bridgehead atoms. The number of phenolic OH excluding ortho intramolecular Hbond substituents is 2. The van der Waals surface area contributed by atoms with Crippen LogP contribution in [0.4, 0.5) is 0 Å². The number of ether oxygens (including phenoxy) is 4. The summed E-state index contributed by atoms with van der Waals surface area (Å²) in [6, 6.07) is 9.45. The Bertz CT molecular complexity index is 1390. The van der Waals surface area contributed by atoms with Gasteiger partial charge in [0.05, 0.1) is 13.2 Å². The van der Waals surface area contributed by atoms with E-state index in [2.05, 4.69) is 0 Å². The van der Waals surface area contributed by atoms with Crippen LogP contribution in [-0.2, 0) is 14.2 Å². The van der Waals surface area contributed by atoms with Crippen LogP contribution >= 0.6 is 0 Å². The van der Waals surface area contributed by atoms with Crippen LogP contribution < -0.4 is 10.2 Å². The summed E-state index contributed by atoms with van der Waals surface area (Å²) in [6.07, 6.45) is -14.3. The average molecular weight is 564 g/mol. The topological polar surface area (TPSA) is 229 Å². The highest BCUT2D eigenvalue weighted by atomic mass is 16.8. The highest BCUT2D eigenvalue weighted by molar-refractivity contribution is 5.86. The van der Waals surface area contributed by atoms with E-state index in [-0.39, 0.29) is 34.8 Å². The first-order valence-electron chi connectivity index (χ1n) is 12.3. The van der Waals surface area contributed by atoms with Crippen LogP contribution in [-0.4, -0.2) is 109 Å². The molecule has 14 nitrogen and oxygen atoms in total. The first-order valence-corrected chi connectivity index (χ1v) is 12.3. The average Bonchev–Trinajstić information content (AvgIpc) is 2.92. The third-order valence-corrected chi connectivity index (χ3v) is 6.76. The molecular formula is C26H28O14. The maximum atomic E-state index is 12.7. The lowest BCUT2D eigenvalue weighted by Gasteiger charge is -2.44. The molecule has 2 aliphatic rings. The molecule has 2 aliphatic heterocycles. The minimum atomic E-state index is -1.80. The van der Waals surface area contributed by atoms with Gasteiger partial charge in [-0.15, -0.1) is 0 Å². The van der Waals surface area contributed by atoms with E-state index in [9.17, 15) is 45.6 Å². The molecule has 3 heterocycles. The van der Waals surface area contributed by atoms with Crippen molar-refractivity contribution in [2.24, 2.45) is 0 Å². The monoisotopic (exact) mass is 564 g/mol. The summed E-state index contributed by atoms with van der Waals surface area (Å²) in [6.45, 7) is -1.11. The van der Waals surface area contributed by atoms with Gasteiger partial charge in [0.1, 0.15) is 70.6 Å². The van der Waals surface area contributed by atoms with Crippen LogP contribution in [0.3, 0.4) is 0 Å². The minimum Gasteiger partial charge on any atom is -0.508 e. The lowest BCUT2D eigenvalue weighted by molar-refractivity contribution is -0.348. The Labute approximate surface area is 225 Å². The molecule has 2 saturated heterocycles. The Hall–Kier alpha value is -3.31. The fourth-order valence-corrected chi connectivity index (χ4v) is 4.56. The molecule has 0 aliphatic carbocycles. The number of aliphatic hydroxyl groups is 6. The second kappa shape index (κ2) is 11.3. The molecule has 3 aromatic rings. The summed E-state index contributed by atoms with van der Waals surface area (Å²) < 4.78 is 28.0. The second-order valence-electron chi connectivity index (χ2n) is 9.51. The summed E-state index contributed by atoms with van der Waals surface area (Å²) in [7, 11) is 0. The Morgan fingerprint density at radius 1 is 0.875 bits per heavy atom. The quantitative estimate of drug-likeness (QED) is 0.171. The molecule has 216 valence electrons. The number of aromatic hydroxyl groups is 2. The van der Waals surface area contributed by atoms with Crippen LogP contribution in [0, 0.1) is 0 Å². The van der Waals surface area contributed by atoms with E-state index in [1.165, 1.54) is 36.4 Å². The molecule has 0 saturated carbocycles. The predicted molar refractivity (Wildman–Crippen MR) is 132 cm³/mol. The number of hydrogen-bond acceptors (Lipinski definition) is 14. The van der Waals surface area contributed by atoms with Crippen LogP contribution in [0.15, 0.2) is 51.7 Å². The molecule has 0 amide bonds. The number of aliphatic hydroxyl groups excluding tert-OH is 6. The standard InChI is InChI=1S/C26H28O14/c27-8-18-21(33)22(34)23(35)25(39-18)40-24-20(32)15(31)9-36-26(24)37-12-5-13(29)19-14(30)7-16(38-17(19)6-12)10-1-3-11(28)4-2-10/h1-7,15,18,20-29,31-35H,8-9H2/t15-,18+,20+,21+,22-,23+,24-,25-,26+/m0/s1. The van der Waals surface area contributed by atoms with E-state index in [0.717, 1.165) is 6.07 Å². The van der Waals surface area contributed by atoms with Crippen molar-refractivity contribution in [2.45, 2.75) is 55.3 Å². The number of benzene rings is 2. The number of rotatable bonds is 6. The fraction of sp³-hybridized carbons (Fsp3) is 0.423. The highest BCUT2D eigenvalue weighted by Gasteiger charge is 2.49. The van der Waals surface area contributed by atoms with Gasteiger partial charge in [-0.1, -0.05) is 0 Å². The van der Waals surface area contributed by atoms with Crippen molar-refractivity contribution in [3.05, 3.63) is 52.7 Å². The molecule has 1 aromatic heterocycles. The first kappa shape index (κ1) is 28.2. The summed E-state index contributed by atoms with van der Waals surface area (Å²) >= 11 is 0. The highest BCUT2D eigenvalue weighted by Crippen LogP contribution is 2.34. The summed E-state index contributed by atoms with van der Waals surface area (Å²) in [5, 5.41) is 80.6. The normalized spacial score (nSPS) is 32.7. The predicted octanol–water partition coefficient (Wildman–Crippen LogP) is -1.49. The van der Waals surface area contributed by atoms with Crippen molar-refractivity contribution in [3.63, 3.8) is 0 Å². The fourth-order valence-electron chi connectivity index (χ4n) is 4.56. The molecule has 0 radical (unpaired) electrons. The SMILES string of the molecule is O=c1cc(-c2ccc(O)cc2)oc2cc(O[C@H]3OC[C@H](O)[C@@H](O)[C@@H]3O[C@@H]3O[C@H](CO)[C@@H](O)[C@H](O)[C@H]3O)cc(O)c12. The summed E-state index contributed by atoms with van der Waals surface area (Å²) in [4.78, 5) is 12.7. The second-order valence-corrected chi connectivity index (χ2v) is 9.51. The molecule has 8 N–H and O–H groups in total. The maximum Gasteiger partial charge on any atom is 0.229 e. The van der Waals surface area contributed by atoms with E-state index in [1.54, 1.807) is 0 Å². The van der Waals surface area contributed by atoms with Crippen LogP contribution in [0.25, 0.3) is 22.3 Å². The van der Waals surface area contributed by atoms with Gasteiger partial charge in [-0.25, -0.2) is 0 Å². The molecule has 5 rings (SSSR count). The third kappa shape index (κ3) is 5.36. The van der Waals surface area contributed by atoms with Gasteiger partial charge >= 0.3 is 0 Å². The van der Waals surface area contributed by atoms with Crippen molar-refractivity contribution in [1.29, 1.82) is 0 Å². The minimum absolute atomic E-state index is 0.0143. The molecular weight excluding hydrogens is 536 g/mol. The zero-order valence-electron chi connectivity index (χ0n) is 20.7. The Balaban J connectivity index is 1.44. The molecule has 0 unspecified atom stereocenters. The Morgan fingerprint density at radius 2 is 1.60 bits per heavy atom. The van der Waals surface area contributed by atoms with E-state index >= 15 is 0 Å². The Kier molecular flexibility index (Phi) is 7.96. The van der Waals surface area contributed by atoms with Crippen molar-refractivity contribution >= 4 is 11.0 Å². The smallest absolute Gasteiger partial charge is 0.229 e. The number of hydrogen-bond donors (Lipinski definition) is 8. The van der Waals surface area contributed by atoms with E-state index in [1.807, 2.05) is 0 Å². The number of fused-ring (bicyclic) bond motifs is 1. The molecule has 9 atom stereocenters. The molecule has 2 aromatic carbocycles. The van der Waals surface area contributed by atoms with Gasteiger partial charge in [0.2, 0.25) is 6.29 Å². The first-order chi connectivity index (χ1) is 19.1. The molecule has 14 heteroatoms. The van der Waals surface area contributed by atoms with Gasteiger partial charge in [-0.3, -0.25) is 4.79 Å². The van der Waals surface area contributed by atoms with Crippen molar-refractivity contribution in [2.75, 3.05) is 13.2 Å². The lowest BCUT2D eigenvalue weighted by atomic mass is 9.99. The van der Waals surface area contributed by atoms with Gasteiger partial charge in [0.15, 0.2) is 17.8 Å². The summed E-state index contributed by atoms with van der Waals surface area (Å²) in [5.74, 6) is -0.417. The zero-order valence-corrected chi connectivity index (χ0v) is 20.7. The van der Waals surface area contributed by atoms with Gasteiger partial charge in [0, 0.05) is 23.8 Å². The van der Waals surface area contributed by atoms with Gasteiger partial charge < -0.3 is 64.2 Å². The van der Waals surface area contributed by atoms with Crippen LogP contribution in [0.2, 0.25) is 0 Å². The molecule has 40 heavy (non-hydrogen) atoms. The van der Waals surface area contributed by atoms with Crippen molar-refractivity contribution in [1.82, 2.24) is 0 Å².